The Hall–Kier alpha value is -2.87. The van der Waals surface area contributed by atoms with Crippen molar-refractivity contribution >= 4 is 38.9 Å². The third kappa shape index (κ3) is 5.64. The van der Waals surface area contributed by atoms with E-state index >= 15 is 0 Å². The molecule has 0 atom stereocenters. The van der Waals surface area contributed by atoms with Gasteiger partial charge in [0.1, 0.15) is 0 Å². The Balaban J connectivity index is 1.59. The molecule has 31 heavy (non-hydrogen) atoms. The third-order valence-electron chi connectivity index (χ3n) is 5.39. The average molecular weight is 444 g/mol. The monoisotopic (exact) mass is 443 g/mol. The first kappa shape index (κ1) is 22.8. The van der Waals surface area contributed by atoms with E-state index in [1.165, 1.54) is 10.6 Å². The minimum Gasteiger partial charge on any atom is -0.326 e. The second-order valence-electron chi connectivity index (χ2n) is 7.92. The molecule has 1 saturated heterocycles. The Bertz CT molecular complexity index is 1080. The van der Waals surface area contributed by atoms with Gasteiger partial charge in [0.05, 0.1) is 11.9 Å². The van der Waals surface area contributed by atoms with E-state index in [1.54, 1.807) is 23.1 Å². The average Bonchev–Trinajstić information content (AvgIpc) is 3.11. The zero-order valence-electron chi connectivity index (χ0n) is 18.2. The van der Waals surface area contributed by atoms with Crippen molar-refractivity contribution in [3.63, 3.8) is 0 Å². The molecule has 166 valence electrons. The highest BCUT2D eigenvalue weighted by Crippen LogP contribution is 2.27. The van der Waals surface area contributed by atoms with Gasteiger partial charge in [0, 0.05) is 37.3 Å². The maximum Gasteiger partial charge on any atom is 0.232 e. The summed E-state index contributed by atoms with van der Waals surface area (Å²) in [4.78, 5) is 26.2. The summed E-state index contributed by atoms with van der Waals surface area (Å²) < 4.78 is 25.8. The summed E-state index contributed by atoms with van der Waals surface area (Å²) >= 11 is 0. The number of aryl methyl sites for hydroxylation is 2. The highest BCUT2D eigenvalue weighted by atomic mass is 32.2. The van der Waals surface area contributed by atoms with Crippen molar-refractivity contribution in [1.82, 2.24) is 0 Å². The molecule has 7 nitrogen and oxygen atoms in total. The van der Waals surface area contributed by atoms with Crippen LogP contribution in [0.15, 0.2) is 42.5 Å². The molecule has 1 fully saturated rings. The zero-order chi connectivity index (χ0) is 22.6. The molecular formula is C23H29N3O4S. The van der Waals surface area contributed by atoms with Gasteiger partial charge in [-0.25, -0.2) is 8.42 Å². The van der Waals surface area contributed by atoms with Gasteiger partial charge in [-0.2, -0.15) is 0 Å². The molecule has 0 bridgehead atoms. The molecule has 1 N–H and O–H groups in total. The van der Waals surface area contributed by atoms with Crippen molar-refractivity contribution in [2.75, 3.05) is 33.9 Å². The molecule has 1 aliphatic heterocycles. The van der Waals surface area contributed by atoms with Crippen LogP contribution in [-0.2, 0) is 19.6 Å². The number of rotatable bonds is 8. The zero-order valence-corrected chi connectivity index (χ0v) is 19.0. The van der Waals surface area contributed by atoms with Crippen molar-refractivity contribution in [3.05, 3.63) is 53.6 Å². The lowest BCUT2D eigenvalue weighted by molar-refractivity contribution is -0.117. The van der Waals surface area contributed by atoms with Gasteiger partial charge in [0.2, 0.25) is 21.8 Å². The molecule has 0 saturated carbocycles. The number of nitrogens with one attached hydrogen (secondary N) is 1. The van der Waals surface area contributed by atoms with Gasteiger partial charge in [0.15, 0.2) is 0 Å². The number of nitrogens with zero attached hydrogens (tertiary/aromatic N) is 2. The Kier molecular flexibility index (Phi) is 7.00. The normalized spacial score (nSPS) is 14.0. The summed E-state index contributed by atoms with van der Waals surface area (Å²) in [6, 6.07) is 12.8. The van der Waals surface area contributed by atoms with Crippen LogP contribution in [0, 0.1) is 13.8 Å². The first-order valence-corrected chi connectivity index (χ1v) is 12.3. The van der Waals surface area contributed by atoms with Crippen LogP contribution in [0.4, 0.5) is 17.1 Å². The molecule has 0 aromatic heterocycles. The van der Waals surface area contributed by atoms with E-state index in [9.17, 15) is 18.0 Å². The van der Waals surface area contributed by atoms with Gasteiger partial charge in [-0.3, -0.25) is 13.9 Å². The van der Waals surface area contributed by atoms with Crippen LogP contribution in [0.25, 0.3) is 0 Å². The SMILES string of the molecule is Cc1cc(NC(=O)CCCN(c2ccccc2C)S(C)(=O)=O)ccc1N1CCCC1=O. The predicted molar refractivity (Wildman–Crippen MR) is 124 cm³/mol. The van der Waals surface area contributed by atoms with E-state index < -0.39 is 10.0 Å². The van der Waals surface area contributed by atoms with Crippen molar-refractivity contribution in [1.29, 1.82) is 0 Å². The number of sulfonamides is 1. The van der Waals surface area contributed by atoms with E-state index in [-0.39, 0.29) is 24.8 Å². The van der Waals surface area contributed by atoms with Gasteiger partial charge in [-0.15, -0.1) is 0 Å². The first-order chi connectivity index (χ1) is 14.7. The predicted octanol–water partition coefficient (Wildman–Crippen LogP) is 3.62. The second kappa shape index (κ2) is 9.51. The van der Waals surface area contributed by atoms with Crippen LogP contribution >= 0.6 is 0 Å². The molecule has 0 radical (unpaired) electrons. The minimum atomic E-state index is -3.45. The summed E-state index contributed by atoms with van der Waals surface area (Å²) in [6.07, 6.45) is 3.21. The quantitative estimate of drug-likeness (QED) is 0.675. The number of hydrogen-bond donors (Lipinski definition) is 1. The van der Waals surface area contributed by atoms with Crippen LogP contribution in [0.3, 0.4) is 0 Å². The van der Waals surface area contributed by atoms with E-state index in [1.807, 2.05) is 38.1 Å². The number of hydrogen-bond acceptors (Lipinski definition) is 4. The Morgan fingerprint density at radius 3 is 2.48 bits per heavy atom. The van der Waals surface area contributed by atoms with E-state index in [2.05, 4.69) is 5.32 Å². The van der Waals surface area contributed by atoms with Gasteiger partial charge < -0.3 is 10.2 Å². The second-order valence-corrected chi connectivity index (χ2v) is 9.83. The minimum absolute atomic E-state index is 0.129. The van der Waals surface area contributed by atoms with Crippen LogP contribution in [0.1, 0.15) is 36.8 Å². The third-order valence-corrected chi connectivity index (χ3v) is 6.57. The lowest BCUT2D eigenvalue weighted by atomic mass is 10.1. The lowest BCUT2D eigenvalue weighted by Gasteiger charge is -2.24. The Morgan fingerprint density at radius 2 is 1.87 bits per heavy atom. The van der Waals surface area contributed by atoms with Gasteiger partial charge in [0.25, 0.3) is 0 Å². The summed E-state index contributed by atoms with van der Waals surface area (Å²) in [7, 11) is -3.45. The number of amides is 2. The maximum absolute atomic E-state index is 12.4. The molecule has 1 aliphatic rings. The summed E-state index contributed by atoms with van der Waals surface area (Å²) in [5.41, 5.74) is 3.97. The molecule has 3 rings (SSSR count). The van der Waals surface area contributed by atoms with Crippen LogP contribution in [-0.4, -0.2) is 39.6 Å². The molecule has 2 aromatic carbocycles. The van der Waals surface area contributed by atoms with E-state index in [4.69, 9.17) is 0 Å². The molecule has 2 amide bonds. The van der Waals surface area contributed by atoms with Gasteiger partial charge >= 0.3 is 0 Å². The summed E-state index contributed by atoms with van der Waals surface area (Å²) in [5.74, 6) is -0.0494. The fraction of sp³-hybridized carbons (Fsp3) is 0.391. The molecule has 0 spiro atoms. The van der Waals surface area contributed by atoms with E-state index in [0.717, 1.165) is 29.8 Å². The molecule has 0 aliphatic carbocycles. The lowest BCUT2D eigenvalue weighted by Crippen LogP contribution is -2.32. The standard InChI is InChI=1S/C23H29N3O4S/c1-17-8-4-5-9-21(17)26(31(3,29)30)15-6-10-22(27)24-19-12-13-20(18(2)16-19)25-14-7-11-23(25)28/h4-5,8-9,12-13,16H,6-7,10-11,14-15H2,1-3H3,(H,24,27). The molecular weight excluding hydrogens is 414 g/mol. The fourth-order valence-corrected chi connectivity index (χ4v) is 4.88. The van der Waals surface area contributed by atoms with Crippen LogP contribution in [0.2, 0.25) is 0 Å². The number of anilines is 3. The fourth-order valence-electron chi connectivity index (χ4n) is 3.85. The smallest absolute Gasteiger partial charge is 0.232 e. The highest BCUT2D eigenvalue weighted by molar-refractivity contribution is 7.92. The summed E-state index contributed by atoms with van der Waals surface area (Å²) in [6.45, 7) is 4.74. The summed E-state index contributed by atoms with van der Waals surface area (Å²) in [5, 5.41) is 2.87. The molecule has 8 heteroatoms. The Morgan fingerprint density at radius 1 is 1.13 bits per heavy atom. The van der Waals surface area contributed by atoms with Crippen molar-refractivity contribution in [2.24, 2.45) is 0 Å². The first-order valence-electron chi connectivity index (χ1n) is 10.4. The van der Waals surface area contributed by atoms with E-state index in [0.29, 0.717) is 24.2 Å². The van der Waals surface area contributed by atoms with Crippen molar-refractivity contribution in [3.8, 4) is 0 Å². The van der Waals surface area contributed by atoms with Crippen LogP contribution in [0.5, 0.6) is 0 Å². The highest BCUT2D eigenvalue weighted by Gasteiger charge is 2.23. The van der Waals surface area contributed by atoms with Crippen molar-refractivity contribution in [2.45, 2.75) is 39.5 Å². The van der Waals surface area contributed by atoms with Crippen LogP contribution < -0.4 is 14.5 Å². The molecule has 2 aromatic rings. The number of para-hydroxylation sites is 1. The maximum atomic E-state index is 12.4. The number of carbonyl (C=O) groups excluding carboxylic acids is 2. The van der Waals surface area contributed by atoms with Gasteiger partial charge in [-0.05, 0) is 62.1 Å². The topological polar surface area (TPSA) is 86.8 Å². The number of benzene rings is 2. The van der Waals surface area contributed by atoms with Gasteiger partial charge in [-0.1, -0.05) is 18.2 Å². The number of carbonyl (C=O) groups is 2. The largest absolute Gasteiger partial charge is 0.326 e. The van der Waals surface area contributed by atoms with Crippen molar-refractivity contribution < 1.29 is 18.0 Å². The molecule has 1 heterocycles. The Labute approximate surface area is 184 Å². The molecule has 0 unspecified atom stereocenters.